The van der Waals surface area contributed by atoms with Crippen LogP contribution in [0.5, 0.6) is 0 Å². The SMILES string of the molecule is CC(C)[C@@H](CC[C@@H](C)[C@H]1CCC2C3C(CC[C@@]21C)[C@@]1(C)CCC(=O)CC1=C[C@H]3O)OS(=O)(=O)O. The topological polar surface area (TPSA) is 101 Å². The van der Waals surface area contributed by atoms with Gasteiger partial charge in [-0.25, -0.2) is 4.18 Å². The van der Waals surface area contributed by atoms with Crippen molar-refractivity contribution in [3.05, 3.63) is 11.6 Å². The molecule has 0 bridgehead atoms. The van der Waals surface area contributed by atoms with E-state index in [2.05, 4.69) is 20.8 Å². The Labute approximate surface area is 205 Å². The first kappa shape index (κ1) is 26.3. The third-order valence-corrected chi connectivity index (χ3v) is 11.1. The molecule has 9 atom stereocenters. The fraction of sp³-hybridized carbons (Fsp3) is 0.889. The van der Waals surface area contributed by atoms with Crippen LogP contribution in [0.3, 0.4) is 0 Å². The lowest BCUT2D eigenvalue weighted by Crippen LogP contribution is -2.54. The summed E-state index contributed by atoms with van der Waals surface area (Å²) in [4.78, 5) is 12.1. The van der Waals surface area contributed by atoms with E-state index in [9.17, 15) is 18.3 Å². The molecule has 4 aliphatic rings. The minimum atomic E-state index is -4.46. The van der Waals surface area contributed by atoms with E-state index in [1.165, 1.54) is 5.57 Å². The number of carbonyl (C=O) groups excluding carboxylic acids is 1. The molecule has 0 spiro atoms. The summed E-state index contributed by atoms with van der Waals surface area (Å²) in [6, 6.07) is 0. The second kappa shape index (κ2) is 9.28. The number of aliphatic hydroxyl groups excluding tert-OH is 1. The molecule has 3 unspecified atom stereocenters. The maximum atomic E-state index is 12.1. The van der Waals surface area contributed by atoms with Gasteiger partial charge in [-0.2, -0.15) is 8.42 Å². The number of Topliss-reactive ketones (excluding diaryl/α,β-unsaturated/α-hetero) is 1. The van der Waals surface area contributed by atoms with Gasteiger partial charge in [0.2, 0.25) is 0 Å². The number of fused-ring (bicyclic) bond motifs is 5. The lowest BCUT2D eigenvalue weighted by atomic mass is 9.46. The molecule has 2 N–H and O–H groups in total. The van der Waals surface area contributed by atoms with Crippen molar-refractivity contribution >= 4 is 16.2 Å². The Morgan fingerprint density at radius 3 is 2.44 bits per heavy atom. The molecular formula is C27H44O6S. The van der Waals surface area contributed by atoms with E-state index in [1.807, 2.05) is 19.9 Å². The van der Waals surface area contributed by atoms with Gasteiger partial charge in [-0.15, -0.1) is 0 Å². The normalized spacial score (nSPS) is 41.9. The molecule has 0 amide bonds. The molecular weight excluding hydrogens is 452 g/mol. The maximum absolute atomic E-state index is 12.1. The Balaban J connectivity index is 1.49. The number of carbonyl (C=O) groups is 1. The number of allylic oxidation sites excluding steroid dienone is 1. The van der Waals surface area contributed by atoms with Crippen molar-refractivity contribution in [3.8, 4) is 0 Å². The first-order chi connectivity index (χ1) is 15.8. The second-order valence-corrected chi connectivity index (χ2v) is 13.7. The van der Waals surface area contributed by atoms with Crippen LogP contribution in [0.25, 0.3) is 0 Å². The third-order valence-electron chi connectivity index (χ3n) is 10.6. The molecule has 4 rings (SSSR count). The molecule has 6 nitrogen and oxygen atoms in total. The Hall–Kier alpha value is -0.760. The summed E-state index contributed by atoms with van der Waals surface area (Å²) in [6.07, 6.45) is 9.11. The van der Waals surface area contributed by atoms with Crippen LogP contribution >= 0.6 is 0 Å². The summed E-state index contributed by atoms with van der Waals surface area (Å²) >= 11 is 0. The van der Waals surface area contributed by atoms with Crippen molar-refractivity contribution in [2.45, 2.75) is 105 Å². The van der Waals surface area contributed by atoms with E-state index < -0.39 is 22.6 Å². The van der Waals surface area contributed by atoms with Gasteiger partial charge >= 0.3 is 10.4 Å². The summed E-state index contributed by atoms with van der Waals surface area (Å²) < 4.78 is 36.7. The average Bonchev–Trinajstić information content (AvgIpc) is 3.08. The zero-order valence-electron chi connectivity index (χ0n) is 21.5. The van der Waals surface area contributed by atoms with E-state index in [0.29, 0.717) is 48.7 Å². The lowest BCUT2D eigenvalue weighted by molar-refractivity contribution is -0.125. The summed E-state index contributed by atoms with van der Waals surface area (Å²) in [6.45, 7) is 10.9. The van der Waals surface area contributed by atoms with Crippen molar-refractivity contribution in [2.24, 2.45) is 46.3 Å². The molecule has 0 radical (unpaired) electrons. The van der Waals surface area contributed by atoms with Crippen LogP contribution in [0.4, 0.5) is 0 Å². The number of aliphatic hydroxyl groups is 1. The van der Waals surface area contributed by atoms with Gasteiger partial charge < -0.3 is 5.11 Å². The summed E-state index contributed by atoms with van der Waals surface area (Å²) in [7, 11) is -4.46. The zero-order chi connectivity index (χ0) is 25.1. The molecule has 3 saturated carbocycles. The highest BCUT2D eigenvalue weighted by molar-refractivity contribution is 7.80. The molecule has 3 fully saturated rings. The molecule has 0 saturated heterocycles. The largest absolute Gasteiger partial charge is 0.397 e. The molecule has 0 heterocycles. The number of ketones is 1. The van der Waals surface area contributed by atoms with Gasteiger partial charge in [0.05, 0.1) is 12.2 Å². The van der Waals surface area contributed by atoms with Crippen molar-refractivity contribution in [1.82, 2.24) is 0 Å². The second-order valence-electron chi connectivity index (χ2n) is 12.7. The van der Waals surface area contributed by atoms with Crippen LogP contribution in [0.15, 0.2) is 11.6 Å². The molecule has 4 aliphatic carbocycles. The number of hydrogen-bond donors (Lipinski definition) is 2. The Bertz CT molecular complexity index is 925. The van der Waals surface area contributed by atoms with Crippen LogP contribution in [0.2, 0.25) is 0 Å². The van der Waals surface area contributed by atoms with Gasteiger partial charge in [0.25, 0.3) is 0 Å². The highest BCUT2D eigenvalue weighted by atomic mass is 32.3. The molecule has 194 valence electrons. The molecule has 7 heteroatoms. The number of rotatable bonds is 7. The fourth-order valence-corrected chi connectivity index (χ4v) is 9.35. The van der Waals surface area contributed by atoms with E-state index in [4.69, 9.17) is 8.74 Å². The minimum absolute atomic E-state index is 0.00188. The van der Waals surface area contributed by atoms with Crippen LogP contribution < -0.4 is 0 Å². The maximum Gasteiger partial charge on any atom is 0.397 e. The van der Waals surface area contributed by atoms with Gasteiger partial charge in [0, 0.05) is 12.8 Å². The predicted octanol–water partition coefficient (Wildman–Crippen LogP) is 5.37. The summed E-state index contributed by atoms with van der Waals surface area (Å²) in [5.74, 6) is 2.40. The lowest BCUT2D eigenvalue weighted by Gasteiger charge is -2.59. The highest BCUT2D eigenvalue weighted by Crippen LogP contribution is 2.67. The van der Waals surface area contributed by atoms with Crippen LogP contribution in [-0.2, 0) is 19.4 Å². The van der Waals surface area contributed by atoms with Gasteiger partial charge in [-0.1, -0.05) is 46.3 Å². The zero-order valence-corrected chi connectivity index (χ0v) is 22.3. The molecule has 0 aromatic rings. The van der Waals surface area contributed by atoms with Gasteiger partial charge in [-0.3, -0.25) is 9.35 Å². The van der Waals surface area contributed by atoms with E-state index in [1.54, 1.807) is 0 Å². The quantitative estimate of drug-likeness (QED) is 0.363. The summed E-state index contributed by atoms with van der Waals surface area (Å²) in [5.41, 5.74) is 1.38. The molecule has 0 aromatic heterocycles. The van der Waals surface area contributed by atoms with Crippen molar-refractivity contribution in [2.75, 3.05) is 0 Å². The standard InChI is InChI=1S/C27H44O6S/c1-16(2)24(33-34(30,31)32)9-6-17(3)20-7-8-21-25-22(11-13-27(20,21)5)26(4)12-10-19(28)14-18(26)15-23(25)29/h15-17,20-25,29H,6-14H2,1-5H3,(H,30,31,32)/t17-,20-,21?,22?,23-,24-,25?,26+,27-/m1/s1. The molecule has 34 heavy (non-hydrogen) atoms. The van der Waals surface area contributed by atoms with E-state index in [0.717, 1.165) is 38.5 Å². The average molecular weight is 497 g/mol. The molecule has 0 aliphatic heterocycles. The van der Waals surface area contributed by atoms with E-state index >= 15 is 0 Å². The Kier molecular flexibility index (Phi) is 7.18. The first-order valence-electron chi connectivity index (χ1n) is 13.3. The van der Waals surface area contributed by atoms with E-state index in [-0.39, 0.29) is 22.7 Å². The number of hydrogen-bond acceptors (Lipinski definition) is 5. The minimum Gasteiger partial charge on any atom is -0.389 e. The third kappa shape index (κ3) is 4.67. The van der Waals surface area contributed by atoms with Crippen molar-refractivity contribution in [3.63, 3.8) is 0 Å². The van der Waals surface area contributed by atoms with Crippen molar-refractivity contribution in [1.29, 1.82) is 0 Å². The predicted molar refractivity (Wildman–Crippen MR) is 131 cm³/mol. The van der Waals surface area contributed by atoms with Crippen LogP contribution in [0, 0.1) is 46.3 Å². The fourth-order valence-electron chi connectivity index (χ4n) is 8.72. The Morgan fingerprint density at radius 2 is 1.79 bits per heavy atom. The van der Waals surface area contributed by atoms with Gasteiger partial charge in [0.15, 0.2) is 0 Å². The summed E-state index contributed by atoms with van der Waals surface area (Å²) in [5, 5.41) is 11.3. The van der Waals surface area contributed by atoms with Gasteiger partial charge in [-0.05, 0) is 91.3 Å². The van der Waals surface area contributed by atoms with Crippen LogP contribution in [-0.4, -0.2) is 36.1 Å². The van der Waals surface area contributed by atoms with Gasteiger partial charge in [0.1, 0.15) is 5.78 Å². The van der Waals surface area contributed by atoms with Crippen molar-refractivity contribution < 1.29 is 27.1 Å². The smallest absolute Gasteiger partial charge is 0.389 e. The molecule has 0 aromatic carbocycles. The Morgan fingerprint density at radius 1 is 1.09 bits per heavy atom. The highest BCUT2D eigenvalue weighted by Gasteiger charge is 2.61. The first-order valence-corrected chi connectivity index (χ1v) is 14.7. The van der Waals surface area contributed by atoms with Crippen LogP contribution in [0.1, 0.15) is 92.4 Å². The monoisotopic (exact) mass is 496 g/mol.